The Hall–Kier alpha value is -1.00. The summed E-state index contributed by atoms with van der Waals surface area (Å²) in [5, 5.41) is 166. The molecule has 16 N–H and O–H groups in total. The van der Waals surface area contributed by atoms with Crippen LogP contribution in [0.3, 0.4) is 0 Å². The van der Waals surface area contributed by atoms with Gasteiger partial charge in [0.2, 0.25) is 0 Å². The molecular weight excluding hydrogens is 760 g/mol. The average molecular weight is 813 g/mol. The lowest BCUT2D eigenvalue weighted by molar-refractivity contribution is -0.391. The molecule has 0 aromatic carbocycles. The van der Waals surface area contributed by atoms with E-state index >= 15 is 0 Å². The molecule has 0 bridgehead atoms. The first-order valence-corrected chi connectivity index (χ1v) is 17.5. The first-order valence-electron chi connectivity index (χ1n) is 17.5. The van der Waals surface area contributed by atoms with Crippen LogP contribution in [0.2, 0.25) is 0 Å². The number of hydrogen-bond donors (Lipinski definition) is 16. The molecule has 5 aliphatic rings. The van der Waals surface area contributed by atoms with Crippen LogP contribution in [0.4, 0.5) is 0 Å². The van der Waals surface area contributed by atoms with E-state index in [1.165, 1.54) is 6.92 Å². The third-order valence-corrected chi connectivity index (χ3v) is 10.3. The van der Waals surface area contributed by atoms with Gasteiger partial charge in [-0.15, -0.1) is 0 Å². The predicted molar refractivity (Wildman–Crippen MR) is 165 cm³/mol. The van der Waals surface area contributed by atoms with Gasteiger partial charge in [0.15, 0.2) is 31.5 Å². The summed E-state index contributed by atoms with van der Waals surface area (Å²) in [5.41, 5.74) is 0. The van der Waals surface area contributed by atoms with E-state index in [-0.39, 0.29) is 0 Å². The fourth-order valence-corrected chi connectivity index (χ4v) is 6.84. The van der Waals surface area contributed by atoms with E-state index in [9.17, 15) is 81.7 Å². The highest BCUT2D eigenvalue weighted by atomic mass is 16.8. The average Bonchev–Trinajstić information content (AvgIpc) is 3.16. The Kier molecular flexibility index (Phi) is 15.5. The molecule has 5 rings (SSSR count). The number of aliphatic hydroxyl groups is 16. The Morgan fingerprint density at radius 1 is 0.364 bits per heavy atom. The van der Waals surface area contributed by atoms with Crippen molar-refractivity contribution in [3.8, 4) is 0 Å². The smallest absolute Gasteiger partial charge is 0.187 e. The summed E-state index contributed by atoms with van der Waals surface area (Å²) in [5.74, 6) is 0. The van der Waals surface area contributed by atoms with Crippen LogP contribution in [0.25, 0.3) is 0 Å². The van der Waals surface area contributed by atoms with Crippen LogP contribution in [0.15, 0.2) is 0 Å². The van der Waals surface area contributed by atoms with Gasteiger partial charge in [-0.3, -0.25) is 0 Å². The van der Waals surface area contributed by atoms with Gasteiger partial charge in [0.05, 0.1) is 32.5 Å². The van der Waals surface area contributed by atoms with Crippen molar-refractivity contribution < 1.29 is 124 Å². The zero-order valence-electron chi connectivity index (χ0n) is 29.1. The number of ether oxygens (including phenoxy) is 9. The first kappa shape index (κ1) is 45.1. The summed E-state index contributed by atoms with van der Waals surface area (Å²) >= 11 is 0. The molecule has 0 radical (unpaired) electrons. The molecule has 5 fully saturated rings. The topological polar surface area (TPSA) is 407 Å². The van der Waals surface area contributed by atoms with Crippen LogP contribution >= 0.6 is 0 Å². The lowest BCUT2D eigenvalue weighted by Crippen LogP contribution is -2.67. The maximum Gasteiger partial charge on any atom is 0.187 e. The van der Waals surface area contributed by atoms with Crippen LogP contribution in [0.1, 0.15) is 6.92 Å². The Bertz CT molecular complexity index is 1170. The van der Waals surface area contributed by atoms with Crippen LogP contribution in [0.5, 0.6) is 0 Å². The Labute approximate surface area is 311 Å². The predicted octanol–water partition coefficient (Wildman–Crippen LogP) is -10.9. The minimum absolute atomic E-state index is 0.801. The SMILES string of the molecule is C[C@H]1O[C@@H](O)[C@H](O)[C@@H](O[C@@H]2O[C@H](COC3O[C@H](CO)[C@@H](OC4O[C@H](CO)[C@@H](O)[C@H](O)[C@H]4O)[C@H](O)[C@H]3O)[C@@H](O)[C@H](O)[C@H]2OC2O[C@H](CO)[C@@H](O)[C@H](O)[C@H]2O)[C@H]1O. The number of hydrogen-bond acceptors (Lipinski definition) is 25. The summed E-state index contributed by atoms with van der Waals surface area (Å²) in [6.45, 7) is -2.04. The minimum Gasteiger partial charge on any atom is -0.394 e. The van der Waals surface area contributed by atoms with E-state index in [0.717, 1.165) is 0 Å². The maximum atomic E-state index is 11.3. The largest absolute Gasteiger partial charge is 0.394 e. The van der Waals surface area contributed by atoms with Gasteiger partial charge < -0.3 is 124 Å². The van der Waals surface area contributed by atoms with Crippen molar-refractivity contribution in [1.82, 2.24) is 0 Å². The molecule has 0 spiro atoms. The van der Waals surface area contributed by atoms with Crippen LogP contribution in [0, 0.1) is 0 Å². The van der Waals surface area contributed by atoms with E-state index in [1.807, 2.05) is 0 Å². The van der Waals surface area contributed by atoms with Crippen LogP contribution < -0.4 is 0 Å². The first-order chi connectivity index (χ1) is 25.9. The summed E-state index contributed by atoms with van der Waals surface area (Å²) in [4.78, 5) is 0. The molecular formula is C30H52O25. The second kappa shape index (κ2) is 18.9. The van der Waals surface area contributed by atoms with Gasteiger partial charge in [0, 0.05) is 0 Å². The van der Waals surface area contributed by atoms with Crippen molar-refractivity contribution >= 4 is 0 Å². The fraction of sp³-hybridized carbons (Fsp3) is 1.00. The molecule has 3 unspecified atom stereocenters. The molecule has 5 aliphatic heterocycles. The van der Waals surface area contributed by atoms with E-state index in [1.54, 1.807) is 0 Å². The van der Waals surface area contributed by atoms with Crippen LogP contribution in [-0.4, -0.2) is 262 Å². The van der Waals surface area contributed by atoms with E-state index < -0.39 is 180 Å². The summed E-state index contributed by atoms with van der Waals surface area (Å²) < 4.78 is 49.5. The quantitative estimate of drug-likeness (QED) is 0.0870. The molecule has 25 heteroatoms. The van der Waals surface area contributed by atoms with E-state index in [2.05, 4.69) is 0 Å². The van der Waals surface area contributed by atoms with Crippen molar-refractivity contribution in [2.75, 3.05) is 26.4 Å². The fourth-order valence-electron chi connectivity index (χ4n) is 6.84. The van der Waals surface area contributed by atoms with Gasteiger partial charge >= 0.3 is 0 Å². The molecule has 0 saturated carbocycles. The highest BCUT2D eigenvalue weighted by Gasteiger charge is 2.55. The monoisotopic (exact) mass is 812 g/mol. The third kappa shape index (κ3) is 9.26. The van der Waals surface area contributed by atoms with Gasteiger partial charge in [0.25, 0.3) is 0 Å². The zero-order chi connectivity index (χ0) is 40.6. The third-order valence-electron chi connectivity index (χ3n) is 10.3. The lowest BCUT2D eigenvalue weighted by atomic mass is 9.96. The highest BCUT2D eigenvalue weighted by molar-refractivity contribution is 4.98. The normalized spacial score (nSPS) is 53.9. The van der Waals surface area contributed by atoms with E-state index in [0.29, 0.717) is 0 Å². The summed E-state index contributed by atoms with van der Waals surface area (Å²) in [6.07, 6.45) is -44.7. The Morgan fingerprint density at radius 3 is 1.31 bits per heavy atom. The second-order valence-electron chi connectivity index (χ2n) is 14.0. The zero-order valence-corrected chi connectivity index (χ0v) is 29.1. The standard InChI is InChI=1S/C30H52O25/c1-6-11(34)24(22(45)26(46)48-6)54-30-25(55-29-20(43)16(39)13(36)8(3-32)50-29)17(40)14(37)10(52-30)5-47-27-21(44)18(41)23(9(4-33)51-27)53-28-19(42)15(38)12(35)7(2-31)49-28/h6-46H,2-5H2,1H3/t6-,7-,8-,9-,10-,11+,12-,13-,14-,15+,16+,17+,18-,19-,20-,21-,22-,23-,24+,25-,26-,27?,28?,29?,30+/m1/s1. The summed E-state index contributed by atoms with van der Waals surface area (Å²) in [7, 11) is 0. The molecule has 25 atom stereocenters. The highest BCUT2D eigenvalue weighted by Crippen LogP contribution is 2.34. The molecule has 0 aliphatic carbocycles. The minimum atomic E-state index is -2.08. The number of aliphatic hydroxyl groups excluding tert-OH is 16. The van der Waals surface area contributed by atoms with Crippen LogP contribution in [-0.2, 0) is 42.6 Å². The van der Waals surface area contributed by atoms with Crippen molar-refractivity contribution in [2.45, 2.75) is 160 Å². The molecule has 5 saturated heterocycles. The van der Waals surface area contributed by atoms with Gasteiger partial charge in [-0.25, -0.2) is 0 Å². The molecule has 55 heavy (non-hydrogen) atoms. The molecule has 5 heterocycles. The Morgan fingerprint density at radius 2 is 0.782 bits per heavy atom. The molecule has 0 aromatic rings. The molecule has 0 amide bonds. The van der Waals surface area contributed by atoms with E-state index in [4.69, 9.17) is 42.6 Å². The van der Waals surface area contributed by atoms with Gasteiger partial charge in [0.1, 0.15) is 116 Å². The summed E-state index contributed by atoms with van der Waals surface area (Å²) in [6, 6.07) is 0. The van der Waals surface area contributed by atoms with Gasteiger partial charge in [-0.2, -0.15) is 0 Å². The van der Waals surface area contributed by atoms with Gasteiger partial charge in [-0.1, -0.05) is 0 Å². The van der Waals surface area contributed by atoms with Crippen molar-refractivity contribution in [2.24, 2.45) is 0 Å². The second-order valence-corrected chi connectivity index (χ2v) is 14.0. The molecule has 0 aromatic heterocycles. The number of rotatable bonds is 12. The molecule has 322 valence electrons. The van der Waals surface area contributed by atoms with Gasteiger partial charge in [-0.05, 0) is 6.92 Å². The maximum absolute atomic E-state index is 11.3. The molecule has 25 nitrogen and oxygen atoms in total. The van der Waals surface area contributed by atoms with Crippen molar-refractivity contribution in [3.63, 3.8) is 0 Å². The lowest BCUT2D eigenvalue weighted by Gasteiger charge is -2.48. The van der Waals surface area contributed by atoms with Crippen molar-refractivity contribution in [3.05, 3.63) is 0 Å². The Balaban J connectivity index is 1.30. The van der Waals surface area contributed by atoms with Crippen molar-refractivity contribution in [1.29, 1.82) is 0 Å².